The Morgan fingerprint density at radius 2 is 1.61 bits per heavy atom. The summed E-state index contributed by atoms with van der Waals surface area (Å²) in [5, 5.41) is 3.23. The van der Waals surface area contributed by atoms with Gasteiger partial charge in [0.2, 0.25) is 5.91 Å². The molecule has 0 aromatic heterocycles. The maximum Gasteiger partial charge on any atom is 0.223 e. The molecule has 0 spiro atoms. The summed E-state index contributed by atoms with van der Waals surface area (Å²) in [6, 6.07) is 0. The number of nitrogens with one attached hydrogen (secondary N) is 1. The lowest BCUT2D eigenvalue weighted by molar-refractivity contribution is -0.125. The fraction of sp³-hybridized carbons (Fsp3) is 0.938. The van der Waals surface area contributed by atoms with Crippen LogP contribution in [0.5, 0.6) is 0 Å². The van der Waals surface area contributed by atoms with Gasteiger partial charge in [-0.1, -0.05) is 26.2 Å². The van der Waals surface area contributed by atoms with Crippen molar-refractivity contribution < 1.29 is 4.79 Å². The van der Waals surface area contributed by atoms with Crippen molar-refractivity contribution in [3.8, 4) is 0 Å². The minimum atomic E-state index is 0.361. The number of carbonyl (C=O) groups is 1. The molecule has 102 valence electrons. The van der Waals surface area contributed by atoms with E-state index in [0.717, 1.165) is 30.2 Å². The van der Waals surface area contributed by atoms with Crippen LogP contribution in [0.3, 0.4) is 0 Å². The zero-order valence-corrected chi connectivity index (χ0v) is 11.7. The molecule has 0 bridgehead atoms. The molecular weight excluding hydrogens is 222 g/mol. The second-order valence-electron chi connectivity index (χ2n) is 6.96. The summed E-state index contributed by atoms with van der Waals surface area (Å²) in [6.07, 6.45) is 10.5. The molecule has 3 rings (SSSR count). The molecule has 0 saturated heterocycles. The third-order valence-corrected chi connectivity index (χ3v) is 5.72. The summed E-state index contributed by atoms with van der Waals surface area (Å²) >= 11 is 0. The van der Waals surface area contributed by atoms with Gasteiger partial charge in [0.1, 0.15) is 0 Å². The molecule has 0 aromatic carbocycles. The first kappa shape index (κ1) is 12.5. The van der Waals surface area contributed by atoms with E-state index in [1.54, 1.807) is 0 Å². The zero-order chi connectivity index (χ0) is 12.5. The number of rotatable bonds is 4. The van der Waals surface area contributed by atoms with E-state index >= 15 is 0 Å². The van der Waals surface area contributed by atoms with Crippen LogP contribution in [-0.4, -0.2) is 12.5 Å². The molecule has 0 aromatic rings. The first-order valence-electron chi connectivity index (χ1n) is 8.04. The highest BCUT2D eigenvalue weighted by atomic mass is 16.1. The molecule has 3 fully saturated rings. The molecular formula is C16H27NO. The van der Waals surface area contributed by atoms with Crippen LogP contribution in [0.4, 0.5) is 0 Å². The first-order chi connectivity index (χ1) is 8.76. The Bertz CT molecular complexity index is 296. The maximum atomic E-state index is 12.1. The van der Waals surface area contributed by atoms with Crippen LogP contribution in [0.25, 0.3) is 0 Å². The van der Waals surface area contributed by atoms with Crippen molar-refractivity contribution in [2.75, 3.05) is 6.54 Å². The Morgan fingerprint density at radius 3 is 2.22 bits per heavy atom. The summed E-state index contributed by atoms with van der Waals surface area (Å²) in [5.41, 5.74) is 0. The van der Waals surface area contributed by atoms with E-state index in [2.05, 4.69) is 12.2 Å². The van der Waals surface area contributed by atoms with Gasteiger partial charge in [-0.2, -0.15) is 0 Å². The molecule has 1 amide bonds. The Labute approximate surface area is 111 Å². The molecule has 2 atom stereocenters. The Balaban J connectivity index is 1.35. The summed E-state index contributed by atoms with van der Waals surface area (Å²) in [7, 11) is 0. The predicted octanol–water partition coefficient (Wildman–Crippen LogP) is 3.37. The highest BCUT2D eigenvalue weighted by molar-refractivity contribution is 5.79. The molecule has 1 N–H and O–H groups in total. The monoisotopic (exact) mass is 249 g/mol. The van der Waals surface area contributed by atoms with Crippen LogP contribution >= 0.6 is 0 Å². The second kappa shape index (κ2) is 5.22. The van der Waals surface area contributed by atoms with E-state index in [1.165, 1.54) is 51.4 Å². The quantitative estimate of drug-likeness (QED) is 0.813. The van der Waals surface area contributed by atoms with Crippen molar-refractivity contribution in [3.05, 3.63) is 0 Å². The lowest BCUT2D eigenvalue weighted by atomic mass is 9.81. The topological polar surface area (TPSA) is 29.1 Å². The first-order valence-corrected chi connectivity index (χ1v) is 8.04. The maximum absolute atomic E-state index is 12.1. The van der Waals surface area contributed by atoms with Gasteiger partial charge < -0.3 is 5.32 Å². The highest BCUT2D eigenvalue weighted by Gasteiger charge is 2.47. The average Bonchev–Trinajstić information content (AvgIpc) is 3.03. The fourth-order valence-electron chi connectivity index (χ4n) is 4.16. The molecule has 0 radical (unpaired) electrons. The summed E-state index contributed by atoms with van der Waals surface area (Å²) in [6.45, 7) is 3.25. The minimum absolute atomic E-state index is 0.361. The van der Waals surface area contributed by atoms with E-state index in [-0.39, 0.29) is 0 Å². The van der Waals surface area contributed by atoms with Crippen molar-refractivity contribution >= 4 is 5.91 Å². The van der Waals surface area contributed by atoms with Crippen molar-refractivity contribution in [2.24, 2.45) is 29.6 Å². The highest BCUT2D eigenvalue weighted by Crippen LogP contribution is 2.54. The molecule has 18 heavy (non-hydrogen) atoms. The van der Waals surface area contributed by atoms with Crippen LogP contribution in [0.15, 0.2) is 0 Å². The normalized spacial score (nSPS) is 42.4. The van der Waals surface area contributed by atoms with Crippen molar-refractivity contribution in [1.29, 1.82) is 0 Å². The van der Waals surface area contributed by atoms with Crippen LogP contribution in [0.1, 0.15) is 58.3 Å². The zero-order valence-electron chi connectivity index (χ0n) is 11.7. The SMILES string of the molecule is CCC1CCC(CNC(=O)C2CC3CC3C2)CC1. The van der Waals surface area contributed by atoms with E-state index in [0.29, 0.717) is 11.8 Å². The Hall–Kier alpha value is -0.530. The molecule has 0 heterocycles. The van der Waals surface area contributed by atoms with Gasteiger partial charge in [0.15, 0.2) is 0 Å². The summed E-state index contributed by atoms with van der Waals surface area (Å²) in [5.74, 6) is 4.27. The number of hydrogen-bond acceptors (Lipinski definition) is 1. The van der Waals surface area contributed by atoms with Crippen LogP contribution in [0, 0.1) is 29.6 Å². The van der Waals surface area contributed by atoms with Gasteiger partial charge in [-0.3, -0.25) is 4.79 Å². The van der Waals surface area contributed by atoms with Crippen molar-refractivity contribution in [1.82, 2.24) is 5.32 Å². The van der Waals surface area contributed by atoms with Gasteiger partial charge >= 0.3 is 0 Å². The largest absolute Gasteiger partial charge is 0.356 e. The minimum Gasteiger partial charge on any atom is -0.356 e. The molecule has 3 aliphatic rings. The molecule has 2 heteroatoms. The van der Waals surface area contributed by atoms with Gasteiger partial charge in [0.25, 0.3) is 0 Å². The van der Waals surface area contributed by atoms with E-state index in [4.69, 9.17) is 0 Å². The van der Waals surface area contributed by atoms with E-state index < -0.39 is 0 Å². The predicted molar refractivity (Wildman–Crippen MR) is 73.1 cm³/mol. The van der Waals surface area contributed by atoms with Gasteiger partial charge in [-0.25, -0.2) is 0 Å². The summed E-state index contributed by atoms with van der Waals surface area (Å²) < 4.78 is 0. The van der Waals surface area contributed by atoms with Crippen LogP contribution in [-0.2, 0) is 4.79 Å². The third-order valence-electron chi connectivity index (χ3n) is 5.72. The molecule has 2 nitrogen and oxygen atoms in total. The molecule has 3 aliphatic carbocycles. The number of fused-ring (bicyclic) bond motifs is 1. The van der Waals surface area contributed by atoms with Crippen LogP contribution in [0.2, 0.25) is 0 Å². The number of hydrogen-bond donors (Lipinski definition) is 1. The number of amides is 1. The van der Waals surface area contributed by atoms with Crippen molar-refractivity contribution in [3.63, 3.8) is 0 Å². The van der Waals surface area contributed by atoms with Gasteiger partial charge in [0.05, 0.1) is 0 Å². The molecule has 0 aliphatic heterocycles. The van der Waals surface area contributed by atoms with E-state index in [1.807, 2.05) is 0 Å². The second-order valence-corrected chi connectivity index (χ2v) is 6.96. The fourth-order valence-corrected chi connectivity index (χ4v) is 4.16. The van der Waals surface area contributed by atoms with Crippen LogP contribution < -0.4 is 5.32 Å². The van der Waals surface area contributed by atoms with E-state index in [9.17, 15) is 4.79 Å². The Kier molecular flexibility index (Phi) is 3.63. The van der Waals surface area contributed by atoms with Gasteiger partial charge in [-0.15, -0.1) is 0 Å². The lowest BCUT2D eigenvalue weighted by Crippen LogP contribution is -2.35. The molecule has 3 saturated carbocycles. The van der Waals surface area contributed by atoms with Gasteiger partial charge in [-0.05, 0) is 55.8 Å². The third kappa shape index (κ3) is 2.73. The average molecular weight is 249 g/mol. The van der Waals surface area contributed by atoms with Crippen molar-refractivity contribution in [2.45, 2.75) is 58.3 Å². The molecule has 2 unspecified atom stereocenters. The smallest absolute Gasteiger partial charge is 0.223 e. The summed E-state index contributed by atoms with van der Waals surface area (Å²) in [4.78, 5) is 12.1. The Morgan fingerprint density at radius 1 is 1.00 bits per heavy atom. The standard InChI is InChI=1S/C16H27NO/c1-2-11-3-5-12(6-4-11)10-17-16(18)15-8-13-7-14(13)9-15/h11-15H,2-10H2,1H3,(H,17,18). The lowest BCUT2D eigenvalue weighted by Gasteiger charge is -2.28. The number of carbonyl (C=O) groups excluding carboxylic acids is 1. The van der Waals surface area contributed by atoms with Gasteiger partial charge in [0, 0.05) is 12.5 Å².